The number of allylic oxidation sites excluding steroid dienone is 2. The van der Waals surface area contributed by atoms with Gasteiger partial charge < -0.3 is 9.47 Å². The van der Waals surface area contributed by atoms with Gasteiger partial charge in [0.05, 0.1) is 16.7 Å². The zero-order chi connectivity index (χ0) is 13.0. The molecule has 0 amide bonds. The Morgan fingerprint density at radius 3 is 2.56 bits per heavy atom. The summed E-state index contributed by atoms with van der Waals surface area (Å²) >= 11 is 0. The molecule has 6 heteroatoms. The third-order valence-corrected chi connectivity index (χ3v) is 2.21. The van der Waals surface area contributed by atoms with E-state index in [0.29, 0.717) is 0 Å². The van der Waals surface area contributed by atoms with Gasteiger partial charge in [0.15, 0.2) is 0 Å². The van der Waals surface area contributed by atoms with Gasteiger partial charge in [0, 0.05) is 12.1 Å². The first-order valence-electron chi connectivity index (χ1n) is 5.11. The molecule has 0 spiro atoms. The molecular weight excluding hydrogens is 238 g/mol. The molecule has 1 aromatic carbocycles. The van der Waals surface area contributed by atoms with E-state index in [9.17, 15) is 14.9 Å². The Hall–Kier alpha value is -2.63. The van der Waals surface area contributed by atoms with Crippen LogP contribution in [0.2, 0.25) is 0 Å². The second kappa shape index (κ2) is 5.13. The average molecular weight is 247 g/mol. The quantitative estimate of drug-likeness (QED) is 0.464. The van der Waals surface area contributed by atoms with Gasteiger partial charge in [-0.05, 0) is 24.3 Å². The van der Waals surface area contributed by atoms with Crippen molar-refractivity contribution in [1.82, 2.24) is 0 Å². The van der Waals surface area contributed by atoms with Crippen molar-refractivity contribution >= 4 is 11.7 Å². The minimum absolute atomic E-state index is 0.0803. The highest BCUT2D eigenvalue weighted by Gasteiger charge is 2.15. The van der Waals surface area contributed by atoms with Crippen molar-refractivity contribution in [3.8, 4) is 0 Å². The van der Waals surface area contributed by atoms with Crippen LogP contribution in [0.25, 0.3) is 0 Å². The van der Waals surface area contributed by atoms with E-state index in [1.165, 1.54) is 30.5 Å². The van der Waals surface area contributed by atoms with Crippen molar-refractivity contribution in [3.05, 3.63) is 64.4 Å². The van der Waals surface area contributed by atoms with Gasteiger partial charge in [-0.3, -0.25) is 10.1 Å². The number of nitro benzene ring substituents is 1. The maximum Gasteiger partial charge on any atom is 0.341 e. The Morgan fingerprint density at radius 2 is 2.00 bits per heavy atom. The van der Waals surface area contributed by atoms with Gasteiger partial charge in [0.25, 0.3) is 12.0 Å². The molecule has 1 unspecified atom stereocenters. The standard InChI is InChI=1S/C12H9NO5/c14-12(18-11-3-1-2-8-17-11)9-4-6-10(7-5-9)13(15)16/h1-8,11H. The van der Waals surface area contributed by atoms with E-state index in [0.717, 1.165) is 0 Å². The van der Waals surface area contributed by atoms with Crippen molar-refractivity contribution in [2.24, 2.45) is 0 Å². The molecule has 0 N–H and O–H groups in total. The third-order valence-electron chi connectivity index (χ3n) is 2.21. The molecule has 0 radical (unpaired) electrons. The number of carbonyl (C=O) groups excluding carboxylic acids is 1. The number of benzene rings is 1. The molecular formula is C12H9NO5. The molecule has 0 saturated heterocycles. The summed E-state index contributed by atoms with van der Waals surface area (Å²) in [5.74, 6) is -0.602. The van der Waals surface area contributed by atoms with Crippen LogP contribution in [0.15, 0.2) is 48.8 Å². The van der Waals surface area contributed by atoms with Gasteiger partial charge in [-0.1, -0.05) is 6.08 Å². The molecule has 92 valence electrons. The molecule has 6 nitrogen and oxygen atoms in total. The van der Waals surface area contributed by atoms with Crippen LogP contribution in [0.3, 0.4) is 0 Å². The van der Waals surface area contributed by atoms with Crippen molar-refractivity contribution in [2.75, 3.05) is 0 Å². The Kier molecular flexibility index (Phi) is 3.38. The highest BCUT2D eigenvalue weighted by molar-refractivity contribution is 5.89. The fourth-order valence-electron chi connectivity index (χ4n) is 1.33. The molecule has 0 bridgehead atoms. The average Bonchev–Trinajstić information content (AvgIpc) is 2.40. The number of hydrogen-bond acceptors (Lipinski definition) is 5. The van der Waals surface area contributed by atoms with Crippen LogP contribution in [0.1, 0.15) is 10.4 Å². The number of carbonyl (C=O) groups is 1. The van der Waals surface area contributed by atoms with Crippen LogP contribution < -0.4 is 0 Å². The van der Waals surface area contributed by atoms with Crippen LogP contribution in [0.4, 0.5) is 5.69 Å². The van der Waals surface area contributed by atoms with Crippen molar-refractivity contribution in [3.63, 3.8) is 0 Å². The molecule has 1 atom stereocenters. The molecule has 18 heavy (non-hydrogen) atoms. The summed E-state index contributed by atoms with van der Waals surface area (Å²) in [6.07, 6.45) is 5.57. The van der Waals surface area contributed by atoms with E-state index in [4.69, 9.17) is 9.47 Å². The van der Waals surface area contributed by atoms with E-state index < -0.39 is 17.2 Å². The minimum Gasteiger partial charge on any atom is -0.459 e. The van der Waals surface area contributed by atoms with Gasteiger partial charge in [0.1, 0.15) is 0 Å². The fraction of sp³-hybridized carbons (Fsp3) is 0.0833. The first-order valence-corrected chi connectivity index (χ1v) is 5.11. The van der Waals surface area contributed by atoms with Crippen molar-refractivity contribution in [1.29, 1.82) is 0 Å². The summed E-state index contributed by atoms with van der Waals surface area (Å²) in [4.78, 5) is 21.6. The number of non-ortho nitro benzene ring substituents is 1. The second-order valence-corrected chi connectivity index (χ2v) is 3.43. The third kappa shape index (κ3) is 2.73. The van der Waals surface area contributed by atoms with Crippen molar-refractivity contribution in [2.45, 2.75) is 6.29 Å². The van der Waals surface area contributed by atoms with E-state index in [2.05, 4.69) is 0 Å². The number of nitro groups is 1. The maximum absolute atomic E-state index is 11.7. The second-order valence-electron chi connectivity index (χ2n) is 3.43. The summed E-state index contributed by atoms with van der Waals surface area (Å²) in [7, 11) is 0. The van der Waals surface area contributed by atoms with Gasteiger partial charge in [-0.2, -0.15) is 0 Å². The smallest absolute Gasteiger partial charge is 0.341 e. The Morgan fingerprint density at radius 1 is 1.28 bits per heavy atom. The van der Waals surface area contributed by atoms with Gasteiger partial charge in [0.2, 0.25) is 0 Å². The summed E-state index contributed by atoms with van der Waals surface area (Å²) in [5, 5.41) is 10.5. The Balaban J connectivity index is 2.02. The first kappa shape index (κ1) is 11.8. The summed E-state index contributed by atoms with van der Waals surface area (Å²) in [6, 6.07) is 5.16. The topological polar surface area (TPSA) is 78.7 Å². The monoisotopic (exact) mass is 247 g/mol. The maximum atomic E-state index is 11.7. The Labute approximate surface area is 102 Å². The number of ether oxygens (including phenoxy) is 2. The minimum atomic E-state index is -0.766. The summed E-state index contributed by atoms with van der Waals surface area (Å²) in [6.45, 7) is 0. The summed E-state index contributed by atoms with van der Waals surface area (Å²) < 4.78 is 10.0. The van der Waals surface area contributed by atoms with Gasteiger partial charge >= 0.3 is 5.97 Å². The molecule has 0 aromatic heterocycles. The van der Waals surface area contributed by atoms with E-state index in [-0.39, 0.29) is 11.3 Å². The van der Waals surface area contributed by atoms with Crippen LogP contribution in [-0.2, 0) is 9.47 Å². The molecule has 0 saturated carbocycles. The zero-order valence-electron chi connectivity index (χ0n) is 9.18. The lowest BCUT2D eigenvalue weighted by atomic mass is 10.2. The van der Waals surface area contributed by atoms with E-state index in [1.54, 1.807) is 18.2 Å². The van der Waals surface area contributed by atoms with E-state index in [1.807, 2.05) is 0 Å². The SMILES string of the molecule is O=C(OC1C=CC=CO1)c1ccc([N+](=O)[O-])cc1. The van der Waals surface area contributed by atoms with Gasteiger partial charge in [-0.15, -0.1) is 0 Å². The van der Waals surface area contributed by atoms with Crippen LogP contribution >= 0.6 is 0 Å². The molecule has 1 heterocycles. The highest BCUT2D eigenvalue weighted by Crippen LogP contribution is 2.14. The number of esters is 1. The Bertz CT molecular complexity index is 518. The predicted molar refractivity (Wildman–Crippen MR) is 61.7 cm³/mol. The lowest BCUT2D eigenvalue weighted by Crippen LogP contribution is -2.18. The molecule has 0 fully saturated rings. The number of nitrogens with zero attached hydrogens (tertiary/aromatic N) is 1. The lowest BCUT2D eigenvalue weighted by Gasteiger charge is -2.15. The molecule has 1 aromatic rings. The fourth-order valence-corrected chi connectivity index (χ4v) is 1.33. The number of hydrogen-bond donors (Lipinski definition) is 0. The summed E-state index contributed by atoms with van der Waals surface area (Å²) in [5.41, 5.74) is 0.149. The molecule has 0 aliphatic carbocycles. The van der Waals surface area contributed by atoms with Crippen LogP contribution in [-0.4, -0.2) is 17.2 Å². The predicted octanol–water partition coefficient (Wildman–Crippen LogP) is 2.18. The zero-order valence-corrected chi connectivity index (χ0v) is 9.18. The molecule has 2 rings (SSSR count). The molecule has 1 aliphatic heterocycles. The number of rotatable bonds is 3. The van der Waals surface area contributed by atoms with Crippen molar-refractivity contribution < 1.29 is 19.2 Å². The lowest BCUT2D eigenvalue weighted by molar-refractivity contribution is -0.384. The first-order chi connectivity index (χ1) is 8.66. The van der Waals surface area contributed by atoms with Gasteiger partial charge in [-0.25, -0.2) is 4.79 Å². The normalized spacial score (nSPS) is 17.0. The van der Waals surface area contributed by atoms with Crippen LogP contribution in [0, 0.1) is 10.1 Å². The largest absolute Gasteiger partial charge is 0.459 e. The molecule has 1 aliphatic rings. The van der Waals surface area contributed by atoms with Crippen LogP contribution in [0.5, 0.6) is 0 Å². The van der Waals surface area contributed by atoms with E-state index >= 15 is 0 Å². The highest BCUT2D eigenvalue weighted by atomic mass is 16.7.